The molecule has 1 N–H and O–H groups in total. The van der Waals surface area contributed by atoms with Gasteiger partial charge in [0, 0.05) is 18.6 Å². The van der Waals surface area contributed by atoms with Crippen LogP contribution in [0.2, 0.25) is 0 Å². The second-order valence-corrected chi connectivity index (χ2v) is 0. The van der Waals surface area contributed by atoms with E-state index in [2.05, 4.69) is 0 Å². The molecule has 0 bridgehead atoms. The van der Waals surface area contributed by atoms with Crippen molar-refractivity contribution in [3.05, 3.63) is 0 Å². The minimum Gasteiger partial charge on any atom is 0 e. The van der Waals surface area contributed by atoms with E-state index < -0.39 is 0 Å². The zero-order chi connectivity index (χ0) is 2.00. The molecule has 0 aromatic carbocycles. The van der Waals surface area contributed by atoms with Crippen LogP contribution in [0.3, 0.4) is 0 Å². The Morgan fingerprint density at radius 3 is 1.25 bits per heavy atom. The quantitative estimate of drug-likeness (QED) is 0.316. The largest absolute Gasteiger partial charge is 0 e. The van der Waals surface area contributed by atoms with E-state index in [0.717, 1.165) is 0 Å². The Balaban J connectivity index is -0.00000000500. The average Bonchev–Trinajstić information content (AvgIpc) is 1.00. The van der Waals surface area contributed by atoms with Crippen LogP contribution in [0.15, 0.2) is 0 Å². The summed E-state index contributed by atoms with van der Waals surface area (Å²) >= 11 is 0. The van der Waals surface area contributed by atoms with Gasteiger partial charge in [-0.2, -0.15) is 0 Å². The molecule has 1 nitrogen and oxygen atoms in total. The fourth-order valence-corrected chi connectivity index (χ4v) is 0. The van der Waals surface area contributed by atoms with Crippen molar-refractivity contribution < 1.29 is 23.4 Å². The Hall–Kier alpha value is 1.57. The zero-order valence-electron chi connectivity index (χ0n) is 1.47. The van der Waals surface area contributed by atoms with Gasteiger partial charge in [-0.25, -0.2) is 0 Å². The van der Waals surface area contributed by atoms with Gasteiger partial charge in [0.15, 0.2) is 0 Å². The fourth-order valence-electron chi connectivity index (χ4n) is 0. The Kier molecular flexibility index (Phi) is 104. The summed E-state index contributed by atoms with van der Waals surface area (Å²) < 4.78 is 0. The molecule has 1 atom stereocenters. The summed E-state index contributed by atoms with van der Waals surface area (Å²) in [5, 5.41) is 0. The van der Waals surface area contributed by atoms with Crippen LogP contribution in [-0.4, -0.2) is 23.8 Å². The third-order valence-electron chi connectivity index (χ3n) is 0. The van der Waals surface area contributed by atoms with E-state index in [1.807, 2.05) is 0 Å². The van der Waals surface area contributed by atoms with E-state index in [4.69, 9.17) is 4.89 Å². The minimum atomic E-state index is 0. The molecule has 0 spiro atoms. The van der Waals surface area contributed by atoms with Crippen LogP contribution >= 0.6 is 9.47 Å². The summed E-state index contributed by atoms with van der Waals surface area (Å²) in [7, 11) is 1.42. The van der Waals surface area contributed by atoms with Crippen LogP contribution in [0.1, 0.15) is 0 Å². The van der Waals surface area contributed by atoms with Gasteiger partial charge in [-0.15, -0.1) is 0 Å². The van der Waals surface area contributed by atoms with Crippen LogP contribution in [0.25, 0.3) is 0 Å². The third-order valence-corrected chi connectivity index (χ3v) is 0. The molecule has 21 valence electrons. The molecule has 1 radical (unpaired) electrons. The Labute approximate surface area is 51.9 Å². The Morgan fingerprint density at radius 1 is 1.25 bits per heavy atom. The molecule has 0 amide bonds. The van der Waals surface area contributed by atoms with Gasteiger partial charge >= 0.3 is 18.9 Å². The van der Waals surface area contributed by atoms with Crippen molar-refractivity contribution in [2.45, 2.75) is 0 Å². The van der Waals surface area contributed by atoms with Crippen molar-refractivity contribution in [2.75, 3.05) is 0 Å². The molecule has 0 aromatic rings. The van der Waals surface area contributed by atoms with Crippen LogP contribution < -0.4 is 0 Å². The Morgan fingerprint density at radius 2 is 1.25 bits per heavy atom. The summed E-state index contributed by atoms with van der Waals surface area (Å²) in [5.74, 6) is 0. The van der Waals surface area contributed by atoms with E-state index in [0.29, 0.717) is 0 Å². The third kappa shape index (κ3) is 9.56. The maximum Gasteiger partial charge on any atom is 0 e. The maximum atomic E-state index is 6.92. The van der Waals surface area contributed by atoms with Gasteiger partial charge in [0.05, 0.1) is 0 Å². The van der Waals surface area contributed by atoms with Crippen molar-refractivity contribution in [1.29, 1.82) is 0 Å². The summed E-state index contributed by atoms with van der Waals surface area (Å²) in [5.41, 5.74) is 0. The molecule has 1 unspecified atom stereocenters. The zero-order valence-corrected chi connectivity index (χ0v) is 4.02. The van der Waals surface area contributed by atoms with Crippen molar-refractivity contribution >= 4 is 28.3 Å². The second kappa shape index (κ2) is 23.6. The summed E-state index contributed by atoms with van der Waals surface area (Å²) in [4.78, 5) is 6.92. The van der Waals surface area contributed by atoms with Crippen LogP contribution in [0.4, 0.5) is 0 Å². The van der Waals surface area contributed by atoms with E-state index >= 15 is 0 Å². The van der Waals surface area contributed by atoms with Gasteiger partial charge in [-0.3, -0.25) is 0 Å². The predicted octanol–water partition coefficient (Wildman–Crippen LogP) is -0.882. The molecule has 0 aliphatic rings. The summed E-state index contributed by atoms with van der Waals surface area (Å²) in [6.45, 7) is 0. The second-order valence-electron chi connectivity index (χ2n) is 0. The first-order valence-corrected chi connectivity index (χ1v) is 0.775. The minimum absolute atomic E-state index is 0. The van der Waals surface area contributed by atoms with Gasteiger partial charge in [0.25, 0.3) is 0 Å². The first-order chi connectivity index (χ1) is 1.00. The predicted molar refractivity (Wildman–Crippen MR) is 19.1 cm³/mol. The van der Waals surface area contributed by atoms with Crippen molar-refractivity contribution in [2.24, 2.45) is 0 Å². The fraction of sp³-hybridized carbons (Fsp3) is 0. The van der Waals surface area contributed by atoms with E-state index in [9.17, 15) is 0 Å². The van der Waals surface area contributed by atoms with Gasteiger partial charge in [-0.05, 0) is 9.47 Å². The van der Waals surface area contributed by atoms with Crippen LogP contribution in [-0.2, 0) is 18.6 Å². The molecule has 0 rings (SSSR count). The standard InChI is InChI=1S/Li.H3OP.V.H/c;1-2;;/h;1H,2H2;;. The first kappa shape index (κ1) is 17.6. The van der Waals surface area contributed by atoms with Gasteiger partial charge in [0.2, 0.25) is 0 Å². The average molecular weight is 109 g/mol. The first-order valence-electron chi connectivity index (χ1n) is 0.258. The van der Waals surface area contributed by atoms with Crippen LogP contribution in [0.5, 0.6) is 0 Å². The molecule has 0 heterocycles. The normalized spacial score (nSPS) is 1.50. The molecule has 0 aliphatic heterocycles. The molecule has 4 heteroatoms. The maximum absolute atomic E-state index is 6.92. The SMILES string of the molecule is OP.[LiH].[V]. The van der Waals surface area contributed by atoms with E-state index in [1.165, 1.54) is 9.47 Å². The summed E-state index contributed by atoms with van der Waals surface area (Å²) in [6, 6.07) is 0. The van der Waals surface area contributed by atoms with E-state index in [-0.39, 0.29) is 37.4 Å². The summed E-state index contributed by atoms with van der Waals surface area (Å²) in [6.07, 6.45) is 0. The molecule has 0 saturated heterocycles. The number of hydrogen-bond donors (Lipinski definition) is 1. The van der Waals surface area contributed by atoms with Crippen molar-refractivity contribution in [3.8, 4) is 0 Å². The molecular weight excluding hydrogens is 105 g/mol. The monoisotopic (exact) mass is 109 g/mol. The van der Waals surface area contributed by atoms with Crippen LogP contribution in [0, 0.1) is 0 Å². The van der Waals surface area contributed by atoms with Crippen molar-refractivity contribution in [1.82, 2.24) is 0 Å². The molecule has 0 saturated carbocycles. The molecule has 0 fully saturated rings. The number of hydrogen-bond acceptors (Lipinski definition) is 1. The molecule has 0 aromatic heterocycles. The Bertz CT molecular complexity index is 8.00. The topological polar surface area (TPSA) is 20.2 Å². The van der Waals surface area contributed by atoms with Gasteiger partial charge < -0.3 is 4.89 Å². The smallest absolute Gasteiger partial charge is 0 e. The molecule has 0 aliphatic carbocycles. The van der Waals surface area contributed by atoms with Crippen molar-refractivity contribution in [3.63, 3.8) is 0 Å². The van der Waals surface area contributed by atoms with E-state index in [1.54, 1.807) is 0 Å². The number of rotatable bonds is 0. The van der Waals surface area contributed by atoms with Gasteiger partial charge in [-0.1, -0.05) is 0 Å². The molecular formula is H4LiOPV. The molecule has 4 heavy (non-hydrogen) atoms. The van der Waals surface area contributed by atoms with Gasteiger partial charge in [0.1, 0.15) is 0 Å².